The zero-order valence-corrected chi connectivity index (χ0v) is 20.7. The van der Waals surface area contributed by atoms with Crippen molar-refractivity contribution >= 4 is 28.7 Å². The van der Waals surface area contributed by atoms with Gasteiger partial charge in [0.05, 0.1) is 23.3 Å². The predicted molar refractivity (Wildman–Crippen MR) is 135 cm³/mol. The number of fused-ring (bicyclic) bond motifs is 3. The van der Waals surface area contributed by atoms with E-state index in [1.807, 2.05) is 17.6 Å². The van der Waals surface area contributed by atoms with Gasteiger partial charge in [0.2, 0.25) is 5.91 Å². The van der Waals surface area contributed by atoms with E-state index in [9.17, 15) is 19.5 Å². The number of anilines is 1. The van der Waals surface area contributed by atoms with Crippen molar-refractivity contribution in [2.75, 3.05) is 4.90 Å². The summed E-state index contributed by atoms with van der Waals surface area (Å²) in [5.74, 6) is 1.05. The molecule has 4 heterocycles. The van der Waals surface area contributed by atoms with Crippen molar-refractivity contribution in [1.82, 2.24) is 34.2 Å². The van der Waals surface area contributed by atoms with Crippen LogP contribution in [0.3, 0.4) is 0 Å². The van der Waals surface area contributed by atoms with E-state index < -0.39 is 6.09 Å². The van der Waals surface area contributed by atoms with Gasteiger partial charge in [-0.2, -0.15) is 5.10 Å². The van der Waals surface area contributed by atoms with Crippen LogP contribution in [0.2, 0.25) is 0 Å². The third-order valence-electron chi connectivity index (χ3n) is 6.82. The number of carbonyl (C=O) groups excluding carboxylic acids is 1. The summed E-state index contributed by atoms with van der Waals surface area (Å²) in [6.45, 7) is 2.54. The maximum Gasteiger partial charge on any atom is 0.412 e. The van der Waals surface area contributed by atoms with Crippen molar-refractivity contribution < 1.29 is 14.7 Å². The molecule has 0 spiro atoms. The summed E-state index contributed by atoms with van der Waals surface area (Å²) in [7, 11) is 1.76. The molecule has 0 bridgehead atoms. The van der Waals surface area contributed by atoms with Gasteiger partial charge < -0.3 is 19.6 Å². The van der Waals surface area contributed by atoms with Crippen LogP contribution in [0.1, 0.15) is 30.6 Å². The molecule has 37 heavy (non-hydrogen) atoms. The molecule has 2 amide bonds. The largest absolute Gasteiger partial charge is 0.465 e. The first-order valence-electron chi connectivity index (χ1n) is 12.1. The van der Waals surface area contributed by atoms with Gasteiger partial charge in [0.15, 0.2) is 0 Å². The molecule has 2 N–H and O–H groups in total. The number of aryl methyl sites for hydroxylation is 4. The highest BCUT2D eigenvalue weighted by Gasteiger charge is 2.30. The fourth-order valence-electron chi connectivity index (χ4n) is 4.86. The number of carboxylic acid groups (broad SMARTS) is 1. The lowest BCUT2D eigenvalue weighted by molar-refractivity contribution is -0.121. The summed E-state index contributed by atoms with van der Waals surface area (Å²) in [6, 6.07) is 8.46. The second-order valence-corrected chi connectivity index (χ2v) is 9.14. The minimum atomic E-state index is -1.00. The van der Waals surface area contributed by atoms with Crippen LogP contribution in [0.25, 0.3) is 11.0 Å². The molecule has 1 aromatic carbocycles. The smallest absolute Gasteiger partial charge is 0.412 e. The lowest BCUT2D eigenvalue weighted by atomic mass is 9.96. The molecule has 1 aliphatic heterocycles. The molecule has 192 valence electrons. The number of hydrogen-bond acceptors (Lipinski definition) is 6. The van der Waals surface area contributed by atoms with Crippen LogP contribution in [-0.2, 0) is 44.3 Å². The van der Waals surface area contributed by atoms with Gasteiger partial charge >= 0.3 is 6.09 Å². The summed E-state index contributed by atoms with van der Waals surface area (Å²) in [5, 5.41) is 16.7. The standard InChI is InChI=1S/C25H28N8O4/c1-16-6-7-17-18(33(16)25(36)37)8-9-19-24(17)29-20(10-12-31-11-4-3-5-23(31)35)32(19)14-22(34)26-13-21-27-15-28-30(21)2/h3-5,8-9,11,15-16H,6-7,10,12-14H2,1-2H3,(H,26,34)(H,36,37)/t16-/m0/s1. The number of pyridine rings is 1. The van der Waals surface area contributed by atoms with Gasteiger partial charge in [-0.15, -0.1) is 0 Å². The van der Waals surface area contributed by atoms with Crippen LogP contribution < -0.4 is 15.8 Å². The number of benzene rings is 1. The van der Waals surface area contributed by atoms with Gasteiger partial charge in [0.1, 0.15) is 24.5 Å². The fraction of sp³-hybridized carbons (Fsp3) is 0.360. The van der Waals surface area contributed by atoms with Gasteiger partial charge in [-0.1, -0.05) is 6.07 Å². The maximum atomic E-state index is 13.0. The van der Waals surface area contributed by atoms with Gasteiger partial charge in [-0.05, 0) is 38.0 Å². The Morgan fingerprint density at radius 3 is 2.76 bits per heavy atom. The van der Waals surface area contributed by atoms with Crippen LogP contribution in [0.5, 0.6) is 0 Å². The molecule has 0 radical (unpaired) electrons. The van der Waals surface area contributed by atoms with Crippen LogP contribution in [0, 0.1) is 0 Å². The highest BCUT2D eigenvalue weighted by molar-refractivity contribution is 5.95. The Bertz CT molecular complexity index is 1540. The first-order chi connectivity index (χ1) is 17.8. The van der Waals surface area contributed by atoms with E-state index in [4.69, 9.17) is 4.98 Å². The Labute approximate surface area is 212 Å². The van der Waals surface area contributed by atoms with Gasteiger partial charge in [0, 0.05) is 43.9 Å². The number of amides is 2. The quantitative estimate of drug-likeness (QED) is 0.390. The zero-order chi connectivity index (χ0) is 26.1. The second-order valence-electron chi connectivity index (χ2n) is 9.14. The van der Waals surface area contributed by atoms with E-state index in [-0.39, 0.29) is 30.6 Å². The first kappa shape index (κ1) is 24.2. The average Bonchev–Trinajstić information content (AvgIpc) is 3.44. The molecule has 1 atom stereocenters. The third kappa shape index (κ3) is 4.69. The van der Waals surface area contributed by atoms with Crippen molar-refractivity contribution in [3.8, 4) is 0 Å². The van der Waals surface area contributed by atoms with Crippen LogP contribution >= 0.6 is 0 Å². The molecule has 0 aliphatic carbocycles. The number of imidazole rings is 1. The minimum absolute atomic E-state index is 0.0191. The third-order valence-corrected chi connectivity index (χ3v) is 6.82. The van der Waals surface area contributed by atoms with E-state index in [0.29, 0.717) is 48.7 Å². The van der Waals surface area contributed by atoms with Crippen LogP contribution in [-0.4, -0.2) is 52.0 Å². The van der Waals surface area contributed by atoms with Gasteiger partial charge in [-0.25, -0.2) is 14.8 Å². The Balaban J connectivity index is 1.50. The summed E-state index contributed by atoms with van der Waals surface area (Å²) in [4.78, 5) is 47.5. The van der Waals surface area contributed by atoms with Crippen LogP contribution in [0.15, 0.2) is 47.7 Å². The zero-order valence-electron chi connectivity index (χ0n) is 20.7. The highest BCUT2D eigenvalue weighted by Crippen LogP contribution is 2.36. The number of carbonyl (C=O) groups is 2. The highest BCUT2D eigenvalue weighted by atomic mass is 16.4. The molecule has 0 saturated heterocycles. The molecule has 12 heteroatoms. The minimum Gasteiger partial charge on any atom is -0.465 e. The lowest BCUT2D eigenvalue weighted by Gasteiger charge is -2.33. The lowest BCUT2D eigenvalue weighted by Crippen LogP contribution is -2.41. The summed E-state index contributed by atoms with van der Waals surface area (Å²) < 4.78 is 5.04. The van der Waals surface area contributed by atoms with E-state index in [2.05, 4.69) is 15.4 Å². The molecule has 0 unspecified atom stereocenters. The van der Waals surface area contributed by atoms with Crippen molar-refractivity contribution in [1.29, 1.82) is 0 Å². The molecular formula is C25H28N8O4. The molecule has 0 fully saturated rings. The van der Waals surface area contributed by atoms with Gasteiger partial charge in [-0.3, -0.25) is 19.2 Å². The van der Waals surface area contributed by atoms with Gasteiger partial charge in [0.25, 0.3) is 5.56 Å². The van der Waals surface area contributed by atoms with Crippen molar-refractivity contribution in [2.45, 2.75) is 51.9 Å². The number of nitrogens with one attached hydrogen (secondary N) is 1. The van der Waals surface area contributed by atoms with Crippen molar-refractivity contribution in [3.05, 3.63) is 70.4 Å². The van der Waals surface area contributed by atoms with E-state index in [1.165, 1.54) is 17.3 Å². The molecule has 3 aromatic heterocycles. The normalized spacial score (nSPS) is 15.1. The summed E-state index contributed by atoms with van der Waals surface area (Å²) >= 11 is 0. The number of nitrogens with zero attached hydrogens (tertiary/aromatic N) is 7. The van der Waals surface area contributed by atoms with Crippen molar-refractivity contribution in [2.24, 2.45) is 7.05 Å². The first-order valence-corrected chi connectivity index (χ1v) is 12.1. The molecule has 12 nitrogen and oxygen atoms in total. The fourth-order valence-corrected chi connectivity index (χ4v) is 4.86. The molecular weight excluding hydrogens is 476 g/mol. The maximum absolute atomic E-state index is 13.0. The average molecular weight is 505 g/mol. The van der Waals surface area contributed by atoms with Crippen LogP contribution in [0.4, 0.5) is 10.5 Å². The number of rotatable bonds is 7. The predicted octanol–water partition coefficient (Wildman–Crippen LogP) is 1.70. The number of aromatic nitrogens is 6. The Morgan fingerprint density at radius 2 is 2.03 bits per heavy atom. The van der Waals surface area contributed by atoms with E-state index in [1.54, 1.807) is 40.7 Å². The molecule has 0 saturated carbocycles. The molecule has 5 rings (SSSR count). The Morgan fingerprint density at radius 1 is 1.19 bits per heavy atom. The Hall–Kier alpha value is -4.48. The van der Waals surface area contributed by atoms with Crippen molar-refractivity contribution in [3.63, 3.8) is 0 Å². The second kappa shape index (κ2) is 9.88. The SMILES string of the molecule is C[C@H]1CCc2c(ccc3c2nc(CCn2ccccc2=O)n3CC(=O)NCc2ncnn2C)N1C(=O)O. The summed E-state index contributed by atoms with van der Waals surface area (Å²) in [5.41, 5.74) is 2.81. The number of hydrogen-bond donors (Lipinski definition) is 2. The topological polar surface area (TPSA) is 140 Å². The van der Waals surface area contributed by atoms with E-state index in [0.717, 1.165) is 11.1 Å². The summed E-state index contributed by atoms with van der Waals surface area (Å²) in [6.07, 6.45) is 3.93. The monoisotopic (exact) mass is 504 g/mol. The Kier molecular flexibility index (Phi) is 6.47. The van der Waals surface area contributed by atoms with E-state index >= 15 is 0 Å². The molecule has 1 aliphatic rings. The molecule has 4 aromatic rings.